The Morgan fingerprint density at radius 3 is 2.88 bits per heavy atom. The molecule has 2 aromatic rings. The van der Waals surface area contributed by atoms with Gasteiger partial charge in [0.05, 0.1) is 18.9 Å². The first kappa shape index (κ1) is 10.8. The van der Waals surface area contributed by atoms with Crippen molar-refractivity contribution in [2.45, 2.75) is 0 Å². The quantitative estimate of drug-likeness (QED) is 0.688. The number of carbonyl (C=O) groups excluding carboxylic acids is 1. The number of methoxy groups -OCH3 is 1. The minimum Gasteiger partial charge on any atom is -0.465 e. The molecule has 0 saturated heterocycles. The fourth-order valence-corrected chi connectivity index (χ4v) is 1.19. The second-order valence-electron chi connectivity index (χ2n) is 3.06. The van der Waals surface area contributed by atoms with E-state index in [2.05, 4.69) is 20.0 Å². The molecular weight excluding hydrogens is 222 g/mol. The molecule has 2 rings (SSSR count). The molecule has 0 atom stereocenters. The van der Waals surface area contributed by atoms with Crippen molar-refractivity contribution in [3.63, 3.8) is 0 Å². The monoisotopic (exact) mass is 229 g/mol. The van der Waals surface area contributed by atoms with E-state index in [0.717, 1.165) is 0 Å². The van der Waals surface area contributed by atoms with Gasteiger partial charge in [0.25, 0.3) is 0 Å². The van der Waals surface area contributed by atoms with Gasteiger partial charge in [-0.05, 0) is 12.1 Å². The zero-order valence-corrected chi connectivity index (χ0v) is 8.86. The minimum absolute atomic E-state index is 0.198. The van der Waals surface area contributed by atoms with E-state index < -0.39 is 5.97 Å². The second-order valence-corrected chi connectivity index (χ2v) is 3.06. The van der Waals surface area contributed by atoms with Crippen molar-refractivity contribution in [3.05, 3.63) is 35.8 Å². The van der Waals surface area contributed by atoms with Gasteiger partial charge < -0.3 is 4.74 Å². The van der Waals surface area contributed by atoms with Gasteiger partial charge in [0.15, 0.2) is 11.5 Å². The summed E-state index contributed by atoms with van der Waals surface area (Å²) in [5.74, 6) is 0.00649. The molecule has 2 heterocycles. The van der Waals surface area contributed by atoms with Crippen molar-refractivity contribution in [1.82, 2.24) is 20.0 Å². The third-order valence-electron chi connectivity index (χ3n) is 2.01. The molecule has 84 valence electrons. The third-order valence-corrected chi connectivity index (χ3v) is 2.01. The standard InChI is InChI=1S/C10H7N5O2/c1-17-10(16)7-2-3-9(12-5-7)15-6-8(4-11)13-14-15/h2-3,5-6H,1H3. The van der Waals surface area contributed by atoms with E-state index in [9.17, 15) is 4.79 Å². The smallest absolute Gasteiger partial charge is 0.339 e. The Hall–Kier alpha value is -2.75. The number of nitriles is 1. The van der Waals surface area contributed by atoms with Gasteiger partial charge in [-0.25, -0.2) is 14.5 Å². The van der Waals surface area contributed by atoms with E-state index in [-0.39, 0.29) is 5.69 Å². The Labute approximate surface area is 96.3 Å². The van der Waals surface area contributed by atoms with Crippen molar-refractivity contribution in [1.29, 1.82) is 5.26 Å². The van der Waals surface area contributed by atoms with Crippen LogP contribution in [0.3, 0.4) is 0 Å². The molecule has 0 saturated carbocycles. The highest BCUT2D eigenvalue weighted by Crippen LogP contribution is 2.06. The predicted molar refractivity (Wildman–Crippen MR) is 55.2 cm³/mol. The summed E-state index contributed by atoms with van der Waals surface area (Å²) in [5.41, 5.74) is 0.542. The number of nitrogens with zero attached hydrogens (tertiary/aromatic N) is 5. The van der Waals surface area contributed by atoms with Crippen LogP contribution in [0, 0.1) is 11.3 Å². The zero-order valence-electron chi connectivity index (χ0n) is 8.86. The second kappa shape index (κ2) is 4.40. The fourth-order valence-electron chi connectivity index (χ4n) is 1.19. The normalized spacial score (nSPS) is 9.65. The number of aromatic nitrogens is 4. The summed E-state index contributed by atoms with van der Waals surface area (Å²) in [5, 5.41) is 15.9. The van der Waals surface area contributed by atoms with E-state index in [1.807, 2.05) is 6.07 Å². The highest BCUT2D eigenvalue weighted by Gasteiger charge is 2.07. The lowest BCUT2D eigenvalue weighted by Crippen LogP contribution is -2.04. The summed E-state index contributed by atoms with van der Waals surface area (Å²) in [6.07, 6.45) is 2.81. The summed E-state index contributed by atoms with van der Waals surface area (Å²) in [6, 6.07) is 5.00. The van der Waals surface area contributed by atoms with Gasteiger partial charge in [-0.15, -0.1) is 5.10 Å². The molecule has 0 aliphatic heterocycles. The predicted octanol–water partition coefficient (Wildman–Crippen LogP) is 0.321. The first-order valence-corrected chi connectivity index (χ1v) is 4.62. The van der Waals surface area contributed by atoms with Gasteiger partial charge in [0.2, 0.25) is 0 Å². The van der Waals surface area contributed by atoms with Crippen LogP contribution in [0.4, 0.5) is 0 Å². The van der Waals surface area contributed by atoms with Crippen molar-refractivity contribution in [2.24, 2.45) is 0 Å². The average molecular weight is 229 g/mol. The molecule has 2 aromatic heterocycles. The van der Waals surface area contributed by atoms with E-state index in [0.29, 0.717) is 11.4 Å². The first-order chi connectivity index (χ1) is 8.24. The molecule has 17 heavy (non-hydrogen) atoms. The Morgan fingerprint density at radius 1 is 1.53 bits per heavy atom. The Morgan fingerprint density at radius 2 is 2.35 bits per heavy atom. The number of esters is 1. The van der Waals surface area contributed by atoms with Crippen molar-refractivity contribution in [3.8, 4) is 11.9 Å². The van der Waals surface area contributed by atoms with Gasteiger partial charge in [-0.1, -0.05) is 5.21 Å². The van der Waals surface area contributed by atoms with Gasteiger partial charge in [-0.3, -0.25) is 0 Å². The van der Waals surface area contributed by atoms with Crippen LogP contribution < -0.4 is 0 Å². The molecule has 7 heteroatoms. The molecule has 0 amide bonds. The van der Waals surface area contributed by atoms with Crippen molar-refractivity contribution in [2.75, 3.05) is 7.11 Å². The maximum atomic E-state index is 11.2. The molecule has 0 spiro atoms. The fraction of sp³-hybridized carbons (Fsp3) is 0.100. The lowest BCUT2D eigenvalue weighted by atomic mass is 10.3. The van der Waals surface area contributed by atoms with Crippen LogP contribution >= 0.6 is 0 Å². The molecule has 0 unspecified atom stereocenters. The molecule has 0 aliphatic carbocycles. The highest BCUT2D eigenvalue weighted by atomic mass is 16.5. The van der Waals surface area contributed by atoms with Crippen molar-refractivity contribution >= 4 is 5.97 Å². The molecule has 0 aromatic carbocycles. The van der Waals surface area contributed by atoms with Gasteiger partial charge >= 0.3 is 5.97 Å². The summed E-state index contributed by atoms with van der Waals surface area (Å²) in [7, 11) is 1.30. The van der Waals surface area contributed by atoms with Crippen LogP contribution in [-0.2, 0) is 4.74 Å². The first-order valence-electron chi connectivity index (χ1n) is 4.62. The summed E-state index contributed by atoms with van der Waals surface area (Å²) in [6.45, 7) is 0. The summed E-state index contributed by atoms with van der Waals surface area (Å²) < 4.78 is 5.89. The number of hydrogen-bond acceptors (Lipinski definition) is 6. The van der Waals surface area contributed by atoms with E-state index in [4.69, 9.17) is 5.26 Å². The van der Waals surface area contributed by atoms with Gasteiger partial charge in [0.1, 0.15) is 6.07 Å². The number of hydrogen-bond donors (Lipinski definition) is 0. The van der Waals surface area contributed by atoms with Crippen molar-refractivity contribution < 1.29 is 9.53 Å². The molecule has 0 radical (unpaired) electrons. The average Bonchev–Trinajstić information content (AvgIpc) is 2.87. The maximum Gasteiger partial charge on any atom is 0.339 e. The molecule has 0 fully saturated rings. The lowest BCUT2D eigenvalue weighted by molar-refractivity contribution is 0.0600. The molecule has 0 aliphatic rings. The lowest BCUT2D eigenvalue weighted by Gasteiger charge is -2.00. The zero-order chi connectivity index (χ0) is 12.3. The number of rotatable bonds is 2. The molecular formula is C10H7N5O2. The Bertz CT molecular complexity index is 581. The summed E-state index contributed by atoms with van der Waals surface area (Å²) in [4.78, 5) is 15.2. The minimum atomic E-state index is -0.458. The third kappa shape index (κ3) is 2.10. The molecule has 0 bridgehead atoms. The van der Waals surface area contributed by atoms with Crippen LogP contribution in [0.2, 0.25) is 0 Å². The highest BCUT2D eigenvalue weighted by molar-refractivity contribution is 5.88. The Balaban J connectivity index is 2.29. The van der Waals surface area contributed by atoms with Crippen LogP contribution in [0.1, 0.15) is 16.1 Å². The topological polar surface area (TPSA) is 93.7 Å². The SMILES string of the molecule is COC(=O)c1ccc(-n2cc(C#N)nn2)nc1. The Kier molecular flexibility index (Phi) is 2.79. The number of pyridine rings is 1. The van der Waals surface area contributed by atoms with Gasteiger partial charge in [0, 0.05) is 6.20 Å². The van der Waals surface area contributed by atoms with Crippen LogP contribution in [-0.4, -0.2) is 33.1 Å². The summed E-state index contributed by atoms with van der Waals surface area (Å²) >= 11 is 0. The number of ether oxygens (including phenoxy) is 1. The van der Waals surface area contributed by atoms with Crippen LogP contribution in [0.15, 0.2) is 24.5 Å². The van der Waals surface area contributed by atoms with Gasteiger partial charge in [-0.2, -0.15) is 5.26 Å². The van der Waals surface area contributed by atoms with E-state index in [1.54, 1.807) is 12.1 Å². The largest absolute Gasteiger partial charge is 0.465 e. The van der Waals surface area contributed by atoms with E-state index in [1.165, 1.54) is 24.2 Å². The van der Waals surface area contributed by atoms with Crippen LogP contribution in [0.25, 0.3) is 5.82 Å². The van der Waals surface area contributed by atoms with Crippen LogP contribution in [0.5, 0.6) is 0 Å². The molecule has 0 N–H and O–H groups in total. The molecule has 7 nitrogen and oxygen atoms in total. The number of carbonyl (C=O) groups is 1. The maximum absolute atomic E-state index is 11.2. The van der Waals surface area contributed by atoms with E-state index >= 15 is 0 Å².